The molecule has 0 aliphatic carbocycles. The second-order valence-corrected chi connectivity index (χ2v) is 3.18. The second-order valence-electron chi connectivity index (χ2n) is 3.18. The molecule has 0 aliphatic rings. The smallest absolute Gasteiger partial charge is 0.151 e. The monoisotopic (exact) mass is 216 g/mol. The van der Waals surface area contributed by atoms with Gasteiger partial charge in [0.2, 0.25) is 0 Å². The van der Waals surface area contributed by atoms with Crippen LogP contribution in [0.2, 0.25) is 0 Å². The molecule has 2 aromatic heterocycles. The van der Waals surface area contributed by atoms with Crippen molar-refractivity contribution in [3.63, 3.8) is 0 Å². The van der Waals surface area contributed by atoms with Gasteiger partial charge in [-0.3, -0.25) is 4.98 Å². The Labute approximate surface area is 93.3 Å². The summed E-state index contributed by atoms with van der Waals surface area (Å²) >= 11 is 0. The Morgan fingerprint density at radius 2 is 1.81 bits per heavy atom. The average Bonchev–Trinajstić information content (AvgIpc) is 2.39. The Morgan fingerprint density at radius 3 is 2.50 bits per heavy atom. The van der Waals surface area contributed by atoms with E-state index in [0.717, 1.165) is 0 Å². The Morgan fingerprint density at radius 1 is 1.12 bits per heavy atom. The Hall–Kier alpha value is -2.01. The van der Waals surface area contributed by atoms with Gasteiger partial charge in [-0.05, 0) is 18.2 Å². The van der Waals surface area contributed by atoms with E-state index in [4.69, 9.17) is 10.5 Å². The van der Waals surface area contributed by atoms with Crippen molar-refractivity contribution in [1.29, 1.82) is 0 Å². The van der Waals surface area contributed by atoms with Crippen molar-refractivity contribution < 1.29 is 4.74 Å². The quantitative estimate of drug-likeness (QED) is 0.826. The van der Waals surface area contributed by atoms with Crippen molar-refractivity contribution in [2.75, 3.05) is 7.11 Å². The number of hydrogen-bond donors (Lipinski definition) is 1. The number of nitrogens with zero attached hydrogens (tertiary/aromatic N) is 3. The van der Waals surface area contributed by atoms with Gasteiger partial charge in [-0.15, -0.1) is 0 Å². The van der Waals surface area contributed by atoms with E-state index < -0.39 is 6.04 Å². The summed E-state index contributed by atoms with van der Waals surface area (Å²) in [7, 11) is 1.58. The minimum Gasteiger partial charge on any atom is -0.495 e. The van der Waals surface area contributed by atoms with Crippen molar-refractivity contribution >= 4 is 0 Å². The fourth-order valence-electron chi connectivity index (χ4n) is 1.40. The first kappa shape index (κ1) is 10.5. The second kappa shape index (κ2) is 4.67. The highest BCUT2D eigenvalue weighted by Gasteiger charge is 2.17. The van der Waals surface area contributed by atoms with Crippen LogP contribution in [0.25, 0.3) is 0 Å². The Balaban J connectivity index is 2.37. The predicted octanol–water partition coefficient (Wildman–Crippen LogP) is 0.928. The van der Waals surface area contributed by atoms with Gasteiger partial charge in [0.25, 0.3) is 0 Å². The van der Waals surface area contributed by atoms with Gasteiger partial charge in [-0.2, -0.15) is 0 Å². The molecular formula is C11H12N4O. The van der Waals surface area contributed by atoms with Crippen LogP contribution in [0.5, 0.6) is 5.75 Å². The molecule has 16 heavy (non-hydrogen) atoms. The van der Waals surface area contributed by atoms with E-state index in [1.807, 2.05) is 6.07 Å². The number of methoxy groups -OCH3 is 1. The summed E-state index contributed by atoms with van der Waals surface area (Å²) in [5.41, 5.74) is 6.66. The van der Waals surface area contributed by atoms with E-state index in [1.165, 1.54) is 0 Å². The number of aromatic nitrogens is 3. The molecule has 0 bridgehead atoms. The molecule has 2 N–H and O–H groups in total. The molecule has 0 amide bonds. The van der Waals surface area contributed by atoms with E-state index in [0.29, 0.717) is 17.3 Å². The summed E-state index contributed by atoms with van der Waals surface area (Å²) in [6, 6.07) is 4.87. The fraction of sp³-hybridized carbons (Fsp3) is 0.182. The van der Waals surface area contributed by atoms with Crippen LogP contribution in [0.1, 0.15) is 17.6 Å². The minimum atomic E-state index is -0.475. The average molecular weight is 216 g/mol. The molecule has 0 aliphatic heterocycles. The molecule has 82 valence electrons. The number of ether oxygens (including phenoxy) is 1. The first-order valence-corrected chi connectivity index (χ1v) is 4.84. The molecule has 0 radical (unpaired) electrons. The van der Waals surface area contributed by atoms with E-state index in [-0.39, 0.29) is 0 Å². The van der Waals surface area contributed by atoms with Crippen LogP contribution in [0, 0.1) is 0 Å². The normalized spacial score (nSPS) is 12.1. The molecule has 2 heterocycles. The number of nitrogens with two attached hydrogens (primary N) is 1. The summed E-state index contributed by atoms with van der Waals surface area (Å²) in [6.07, 6.45) is 4.97. The van der Waals surface area contributed by atoms with E-state index >= 15 is 0 Å². The first-order valence-electron chi connectivity index (χ1n) is 4.84. The summed E-state index contributed by atoms with van der Waals surface area (Å²) < 4.78 is 5.19. The van der Waals surface area contributed by atoms with E-state index in [9.17, 15) is 0 Å². The van der Waals surface area contributed by atoms with Gasteiger partial charge in [-0.25, -0.2) is 9.97 Å². The van der Waals surface area contributed by atoms with Gasteiger partial charge in [0.15, 0.2) is 5.82 Å². The SMILES string of the molecule is COc1cccnc1C(N)c1ncccn1. The number of hydrogen-bond acceptors (Lipinski definition) is 5. The lowest BCUT2D eigenvalue weighted by molar-refractivity contribution is 0.404. The van der Waals surface area contributed by atoms with Gasteiger partial charge in [0.1, 0.15) is 17.5 Å². The molecule has 2 rings (SSSR count). The topological polar surface area (TPSA) is 73.9 Å². The lowest BCUT2D eigenvalue weighted by atomic mass is 10.1. The molecule has 0 saturated heterocycles. The zero-order valence-corrected chi connectivity index (χ0v) is 8.87. The Bertz CT molecular complexity index is 461. The van der Waals surface area contributed by atoms with Crippen LogP contribution in [0.3, 0.4) is 0 Å². The highest BCUT2D eigenvalue weighted by Crippen LogP contribution is 2.23. The van der Waals surface area contributed by atoms with Crippen LogP contribution < -0.4 is 10.5 Å². The van der Waals surface area contributed by atoms with Crippen LogP contribution in [-0.2, 0) is 0 Å². The highest BCUT2D eigenvalue weighted by molar-refractivity contribution is 5.32. The molecule has 5 heteroatoms. The van der Waals surface area contributed by atoms with Gasteiger partial charge in [-0.1, -0.05) is 0 Å². The van der Waals surface area contributed by atoms with Crippen molar-refractivity contribution in [2.24, 2.45) is 5.73 Å². The summed E-state index contributed by atoms with van der Waals surface area (Å²) in [5, 5.41) is 0. The maximum absolute atomic E-state index is 6.03. The number of pyridine rings is 1. The van der Waals surface area contributed by atoms with Crippen molar-refractivity contribution in [3.05, 3.63) is 48.3 Å². The molecule has 0 fully saturated rings. The molecule has 1 unspecified atom stereocenters. The van der Waals surface area contributed by atoms with Crippen LogP contribution in [0.15, 0.2) is 36.8 Å². The molecular weight excluding hydrogens is 204 g/mol. The van der Waals surface area contributed by atoms with Gasteiger partial charge in [0.05, 0.1) is 7.11 Å². The van der Waals surface area contributed by atoms with E-state index in [2.05, 4.69) is 15.0 Å². The summed E-state index contributed by atoms with van der Waals surface area (Å²) in [5.74, 6) is 1.17. The molecule has 0 saturated carbocycles. The highest BCUT2D eigenvalue weighted by atomic mass is 16.5. The molecule has 1 atom stereocenters. The molecule has 5 nitrogen and oxygen atoms in total. The lowest BCUT2D eigenvalue weighted by Gasteiger charge is -2.12. The summed E-state index contributed by atoms with van der Waals surface area (Å²) in [6.45, 7) is 0. The van der Waals surface area contributed by atoms with Crippen LogP contribution in [0.4, 0.5) is 0 Å². The first-order chi connectivity index (χ1) is 7.83. The summed E-state index contributed by atoms with van der Waals surface area (Å²) in [4.78, 5) is 12.4. The van der Waals surface area contributed by atoms with Gasteiger partial charge >= 0.3 is 0 Å². The zero-order chi connectivity index (χ0) is 11.4. The van der Waals surface area contributed by atoms with Gasteiger partial charge in [0, 0.05) is 18.6 Å². The zero-order valence-electron chi connectivity index (χ0n) is 8.87. The van der Waals surface area contributed by atoms with E-state index in [1.54, 1.807) is 37.8 Å². The molecule has 0 aromatic carbocycles. The lowest BCUT2D eigenvalue weighted by Crippen LogP contribution is -2.17. The fourth-order valence-corrected chi connectivity index (χ4v) is 1.40. The maximum atomic E-state index is 6.03. The standard InChI is InChI=1S/C11H12N4O/c1-16-8-4-2-5-13-10(8)9(12)11-14-6-3-7-15-11/h2-7,9H,12H2,1H3. The minimum absolute atomic E-state index is 0.475. The Kier molecular flexibility index (Phi) is 3.07. The molecule has 0 spiro atoms. The van der Waals surface area contributed by atoms with Crippen LogP contribution in [-0.4, -0.2) is 22.1 Å². The van der Waals surface area contributed by atoms with Crippen molar-refractivity contribution in [1.82, 2.24) is 15.0 Å². The third-order valence-electron chi connectivity index (χ3n) is 2.18. The molecule has 2 aromatic rings. The maximum Gasteiger partial charge on any atom is 0.151 e. The third kappa shape index (κ3) is 1.99. The number of rotatable bonds is 3. The van der Waals surface area contributed by atoms with Crippen LogP contribution >= 0.6 is 0 Å². The van der Waals surface area contributed by atoms with Crippen molar-refractivity contribution in [3.8, 4) is 5.75 Å². The largest absolute Gasteiger partial charge is 0.495 e. The van der Waals surface area contributed by atoms with Gasteiger partial charge < -0.3 is 10.5 Å². The predicted molar refractivity (Wildman–Crippen MR) is 58.9 cm³/mol. The van der Waals surface area contributed by atoms with Crippen molar-refractivity contribution in [2.45, 2.75) is 6.04 Å². The third-order valence-corrected chi connectivity index (χ3v) is 2.18.